The second-order valence-electron chi connectivity index (χ2n) is 5.85. The molecular weight excluding hydrogens is 514 g/mol. The fourth-order valence-corrected chi connectivity index (χ4v) is 3.24. The first kappa shape index (κ1) is 20.0. The molecule has 3 heterocycles. The van der Waals surface area contributed by atoms with Crippen LogP contribution in [0.25, 0.3) is 28.6 Å². The Hall–Kier alpha value is -3.31. The number of nitrogens with one attached hydrogen (secondary N) is 1. The Kier molecular flexibility index (Phi) is 6.30. The van der Waals surface area contributed by atoms with E-state index in [1.807, 2.05) is 66.7 Å². The fraction of sp³-hybridized carbons (Fsp3) is 0. The largest absolute Gasteiger partial charge is 0.236 e. The molecule has 0 radical (unpaired) electrons. The number of nitrogens with zero attached hydrogens (tertiary/aromatic N) is 8. The summed E-state index contributed by atoms with van der Waals surface area (Å²) in [6.07, 6.45) is 1.69. The topological polar surface area (TPSA) is 111 Å². The first-order chi connectivity index (χ1) is 14.7. The number of benzene rings is 2. The van der Waals surface area contributed by atoms with E-state index in [0.29, 0.717) is 17.5 Å². The lowest BCUT2D eigenvalue weighted by atomic mass is 10.2. The Balaban J connectivity index is 0.000000158. The van der Waals surface area contributed by atoms with Gasteiger partial charge in [0.15, 0.2) is 5.82 Å². The highest BCUT2D eigenvalue weighted by Crippen LogP contribution is 2.19. The summed E-state index contributed by atoms with van der Waals surface area (Å²) in [6, 6.07) is 21.0. The third-order valence-electron chi connectivity index (χ3n) is 3.78. The average Bonchev–Trinajstić information content (AvgIpc) is 3.48. The molecule has 0 aliphatic rings. The molecule has 0 bridgehead atoms. The van der Waals surface area contributed by atoms with Crippen molar-refractivity contribution in [3.63, 3.8) is 0 Å². The molecule has 0 unspecified atom stereocenters. The third-order valence-corrected chi connectivity index (χ3v) is 4.77. The van der Waals surface area contributed by atoms with Gasteiger partial charge in [0.25, 0.3) is 0 Å². The molecule has 5 aromatic rings. The van der Waals surface area contributed by atoms with Crippen LogP contribution in [0.1, 0.15) is 0 Å². The zero-order valence-electron chi connectivity index (χ0n) is 15.3. The summed E-state index contributed by atoms with van der Waals surface area (Å²) in [5, 5.41) is 25.9. The zero-order chi connectivity index (χ0) is 20.8. The van der Waals surface area contributed by atoms with Gasteiger partial charge in [0.2, 0.25) is 11.6 Å². The number of aromatic amines is 1. The molecule has 0 saturated carbocycles. The van der Waals surface area contributed by atoms with Crippen LogP contribution in [0.5, 0.6) is 0 Å². The van der Waals surface area contributed by atoms with Gasteiger partial charge in [0, 0.05) is 26.3 Å². The van der Waals surface area contributed by atoms with Gasteiger partial charge >= 0.3 is 0 Å². The van der Waals surface area contributed by atoms with E-state index in [0.717, 1.165) is 20.1 Å². The second-order valence-corrected chi connectivity index (χ2v) is 7.68. The van der Waals surface area contributed by atoms with E-state index in [1.54, 1.807) is 6.20 Å². The molecule has 148 valence electrons. The van der Waals surface area contributed by atoms with Gasteiger partial charge in [0.05, 0.1) is 0 Å². The van der Waals surface area contributed by atoms with Crippen LogP contribution >= 0.6 is 31.9 Å². The first-order valence-electron chi connectivity index (χ1n) is 8.66. The molecule has 0 saturated heterocycles. The van der Waals surface area contributed by atoms with E-state index in [-0.39, 0.29) is 0 Å². The van der Waals surface area contributed by atoms with Crippen molar-refractivity contribution in [3.05, 3.63) is 81.9 Å². The monoisotopic (exact) mass is 525 g/mol. The van der Waals surface area contributed by atoms with Crippen LogP contribution in [0.2, 0.25) is 0 Å². The van der Waals surface area contributed by atoms with Gasteiger partial charge in [-0.15, -0.1) is 25.2 Å². The number of aromatic nitrogens is 9. The number of H-pyrrole nitrogens is 1. The lowest BCUT2D eigenvalue weighted by Crippen LogP contribution is -2.00. The second kappa shape index (κ2) is 9.46. The number of halogens is 2. The molecule has 0 atom stereocenters. The minimum atomic E-state index is 0.571. The van der Waals surface area contributed by atoms with E-state index in [1.165, 1.54) is 4.80 Å². The van der Waals surface area contributed by atoms with Crippen LogP contribution in [0, 0.1) is 0 Å². The van der Waals surface area contributed by atoms with Gasteiger partial charge in [-0.25, -0.2) is 4.98 Å². The van der Waals surface area contributed by atoms with Crippen molar-refractivity contribution in [2.24, 2.45) is 0 Å². The molecule has 11 heteroatoms. The molecule has 1 N–H and O–H groups in total. The van der Waals surface area contributed by atoms with Crippen molar-refractivity contribution in [1.29, 1.82) is 0 Å². The molecule has 0 fully saturated rings. The Morgan fingerprint density at radius 2 is 1.50 bits per heavy atom. The van der Waals surface area contributed by atoms with Crippen LogP contribution in [0.15, 0.2) is 81.9 Å². The summed E-state index contributed by atoms with van der Waals surface area (Å²) < 4.78 is 1.99. The Morgan fingerprint density at radius 1 is 0.767 bits per heavy atom. The average molecular weight is 527 g/mol. The summed E-state index contributed by atoms with van der Waals surface area (Å²) in [5.41, 5.74) is 1.85. The smallest absolute Gasteiger partial charge is 0.205 e. The van der Waals surface area contributed by atoms with Crippen LogP contribution in [-0.4, -0.2) is 45.8 Å². The quantitative estimate of drug-likeness (QED) is 0.376. The van der Waals surface area contributed by atoms with Crippen LogP contribution < -0.4 is 0 Å². The molecule has 0 spiro atoms. The van der Waals surface area contributed by atoms with E-state index in [2.05, 4.69) is 72.9 Å². The van der Waals surface area contributed by atoms with Gasteiger partial charge in [0.1, 0.15) is 0 Å². The van der Waals surface area contributed by atoms with E-state index >= 15 is 0 Å². The van der Waals surface area contributed by atoms with Gasteiger partial charge in [-0.1, -0.05) is 62.2 Å². The highest BCUT2D eigenvalue weighted by atomic mass is 79.9. The number of hydrogen-bond acceptors (Lipinski definition) is 7. The first-order valence-corrected chi connectivity index (χ1v) is 10.2. The summed E-state index contributed by atoms with van der Waals surface area (Å²) in [7, 11) is 0. The molecule has 2 aromatic carbocycles. The SMILES string of the molecule is Brc1cccc(-c2nn[nH]n2)c1.Brc1cccc(-c2nnn(-c3ccccn3)n2)c1. The summed E-state index contributed by atoms with van der Waals surface area (Å²) in [4.78, 5) is 5.58. The van der Waals surface area contributed by atoms with Crippen molar-refractivity contribution in [2.45, 2.75) is 0 Å². The van der Waals surface area contributed by atoms with Crippen molar-refractivity contribution < 1.29 is 0 Å². The molecule has 9 nitrogen and oxygen atoms in total. The maximum atomic E-state index is 4.30. The molecule has 0 amide bonds. The molecular formula is C19H13Br2N9. The maximum absolute atomic E-state index is 4.30. The zero-order valence-corrected chi connectivity index (χ0v) is 18.4. The lowest BCUT2D eigenvalue weighted by Gasteiger charge is -1.96. The lowest BCUT2D eigenvalue weighted by molar-refractivity contribution is 0.701. The predicted molar refractivity (Wildman–Crippen MR) is 117 cm³/mol. The van der Waals surface area contributed by atoms with Crippen molar-refractivity contribution in [2.75, 3.05) is 0 Å². The van der Waals surface area contributed by atoms with Gasteiger partial charge in [-0.3, -0.25) is 0 Å². The molecule has 0 aliphatic carbocycles. The molecule has 3 aromatic heterocycles. The molecule has 0 aliphatic heterocycles. The van der Waals surface area contributed by atoms with Gasteiger partial charge in [-0.2, -0.15) is 5.21 Å². The van der Waals surface area contributed by atoms with Crippen LogP contribution in [0.3, 0.4) is 0 Å². The molecule has 5 rings (SSSR count). The van der Waals surface area contributed by atoms with Crippen LogP contribution in [0.4, 0.5) is 0 Å². The Bertz CT molecular complexity index is 1220. The number of pyridine rings is 1. The highest BCUT2D eigenvalue weighted by Gasteiger charge is 2.07. The highest BCUT2D eigenvalue weighted by molar-refractivity contribution is 9.10. The maximum Gasteiger partial charge on any atom is 0.205 e. The van der Waals surface area contributed by atoms with E-state index < -0.39 is 0 Å². The minimum Gasteiger partial charge on any atom is -0.236 e. The van der Waals surface area contributed by atoms with E-state index in [9.17, 15) is 0 Å². The van der Waals surface area contributed by atoms with Gasteiger partial charge in [-0.05, 0) is 46.8 Å². The molecule has 30 heavy (non-hydrogen) atoms. The normalized spacial score (nSPS) is 10.3. The summed E-state index contributed by atoms with van der Waals surface area (Å²) in [6.45, 7) is 0. The number of rotatable bonds is 3. The fourth-order valence-electron chi connectivity index (χ4n) is 2.44. The van der Waals surface area contributed by atoms with Gasteiger partial charge < -0.3 is 0 Å². The standard InChI is InChI=1S/C12H8BrN5.C7H5BrN4/c13-10-5-3-4-9(8-10)12-15-17-18(16-12)11-6-1-2-7-14-11;8-6-3-1-2-5(4-6)7-9-11-12-10-7/h1-8H;1-4H,(H,9,10,11,12). The Labute approximate surface area is 187 Å². The summed E-state index contributed by atoms with van der Waals surface area (Å²) in [5.74, 6) is 1.82. The van der Waals surface area contributed by atoms with E-state index in [4.69, 9.17) is 0 Å². The predicted octanol–water partition coefficient (Wildman–Crippen LogP) is 4.12. The summed E-state index contributed by atoms with van der Waals surface area (Å²) >= 11 is 6.78. The van der Waals surface area contributed by atoms with Crippen molar-refractivity contribution in [1.82, 2.24) is 45.8 Å². The number of tetrazole rings is 2. The Morgan fingerprint density at radius 3 is 2.10 bits per heavy atom. The minimum absolute atomic E-state index is 0.571. The van der Waals surface area contributed by atoms with Crippen molar-refractivity contribution in [3.8, 4) is 28.6 Å². The number of hydrogen-bond donors (Lipinski definition) is 1. The van der Waals surface area contributed by atoms with Crippen LogP contribution in [-0.2, 0) is 0 Å². The third kappa shape index (κ3) is 4.99. The van der Waals surface area contributed by atoms with Crippen molar-refractivity contribution >= 4 is 31.9 Å².